The minimum atomic E-state index is -0.586. The van der Waals surface area contributed by atoms with Crippen LogP contribution < -0.4 is 22.6 Å². The number of hydrogen-bond acceptors (Lipinski definition) is 5. The fourth-order valence-electron chi connectivity index (χ4n) is 0.601. The third-order valence-electron chi connectivity index (χ3n) is 1.10. The van der Waals surface area contributed by atoms with Crippen LogP contribution in [0.2, 0.25) is 0 Å². The van der Waals surface area contributed by atoms with Gasteiger partial charge in [0, 0.05) is 0 Å². The van der Waals surface area contributed by atoms with Crippen molar-refractivity contribution in [2.24, 2.45) is 0 Å². The summed E-state index contributed by atoms with van der Waals surface area (Å²) in [6.45, 7) is 0. The van der Waals surface area contributed by atoms with Gasteiger partial charge in [-0.3, -0.25) is 14.8 Å². The molecule has 10 heteroatoms. The molecule has 2 aromatic heterocycles. The van der Waals surface area contributed by atoms with Gasteiger partial charge in [0.2, 0.25) is 0 Å². The Bertz CT molecular complexity index is 576. The Morgan fingerprint density at radius 1 is 0.867 bits per heavy atom. The molecular weight excluding hydrogens is 208 g/mol. The minimum Gasteiger partial charge on any atom is -0.272 e. The molecule has 2 heterocycles. The molecule has 0 aliphatic rings. The van der Waals surface area contributed by atoms with Crippen LogP contribution in [0.15, 0.2) is 25.4 Å². The average molecular weight is 214 g/mol. The van der Waals surface area contributed by atoms with Crippen LogP contribution in [0.5, 0.6) is 0 Å². The summed E-state index contributed by atoms with van der Waals surface area (Å²) in [6.07, 6.45) is 0.987. The van der Waals surface area contributed by atoms with Gasteiger partial charge < -0.3 is 0 Å². The fraction of sp³-hybridized carbons (Fsp3) is 0. The van der Waals surface area contributed by atoms with Crippen molar-refractivity contribution in [2.75, 3.05) is 0 Å². The van der Waals surface area contributed by atoms with Gasteiger partial charge in [0.1, 0.15) is 6.20 Å². The van der Waals surface area contributed by atoms with Gasteiger partial charge in [0.15, 0.2) is 0 Å². The Morgan fingerprint density at radius 2 is 1.47 bits per heavy atom. The second-order valence-electron chi connectivity index (χ2n) is 2.22. The molecule has 0 bridgehead atoms. The first-order valence-electron chi connectivity index (χ1n) is 3.59. The summed E-state index contributed by atoms with van der Waals surface area (Å²) < 4.78 is 0. The van der Waals surface area contributed by atoms with E-state index in [0.29, 0.717) is 0 Å². The molecule has 0 unspecified atom stereocenters. The van der Waals surface area contributed by atoms with Gasteiger partial charge in [-0.15, -0.1) is 0 Å². The average Bonchev–Trinajstić information content (AvgIpc) is 2.50. The van der Waals surface area contributed by atoms with Crippen molar-refractivity contribution in [3.63, 3.8) is 0 Å². The summed E-state index contributed by atoms with van der Waals surface area (Å²) in [5.41, 5.74) is -2.10. The van der Waals surface area contributed by atoms with Crippen LogP contribution in [0.4, 0.5) is 0 Å². The van der Waals surface area contributed by atoms with Crippen LogP contribution in [0, 0.1) is 0 Å². The van der Waals surface area contributed by atoms with E-state index in [2.05, 4.69) is 5.10 Å². The molecule has 0 spiro atoms. The lowest BCUT2D eigenvalue weighted by molar-refractivity contribution is 0.890. The van der Waals surface area contributed by atoms with Gasteiger partial charge in [0.05, 0.1) is 0 Å². The number of hydrogen-bond donors (Lipinski definition) is 5. The lowest BCUT2D eigenvalue weighted by Crippen LogP contribution is -2.21. The molecule has 5 N–H and O–H groups in total. The molecular formula is C5H6N6O4. The van der Waals surface area contributed by atoms with Gasteiger partial charge in [-0.1, -0.05) is 0 Å². The summed E-state index contributed by atoms with van der Waals surface area (Å²) >= 11 is 0. The summed E-state index contributed by atoms with van der Waals surface area (Å²) in [4.78, 5) is 44.0. The zero-order valence-corrected chi connectivity index (χ0v) is 7.16. The molecule has 0 aliphatic heterocycles. The molecule has 10 nitrogen and oxygen atoms in total. The monoisotopic (exact) mass is 214 g/mol. The normalized spacial score (nSPS) is 9.07. The largest absolute Gasteiger partial charge is 0.342 e. The van der Waals surface area contributed by atoms with E-state index in [9.17, 15) is 19.2 Å². The first kappa shape index (κ1) is 10.4. The molecule has 0 aromatic carbocycles. The third-order valence-corrected chi connectivity index (χ3v) is 1.10. The van der Waals surface area contributed by atoms with Crippen molar-refractivity contribution in [2.45, 2.75) is 0 Å². The van der Waals surface area contributed by atoms with E-state index in [1.54, 1.807) is 0 Å². The van der Waals surface area contributed by atoms with E-state index in [0.717, 1.165) is 6.20 Å². The van der Waals surface area contributed by atoms with Gasteiger partial charge in [-0.05, 0) is 0 Å². The molecule has 0 radical (unpaired) electrons. The number of H-pyrrole nitrogens is 5. The highest BCUT2D eigenvalue weighted by Crippen LogP contribution is 1.40. The first-order chi connectivity index (χ1) is 7.08. The number of rotatable bonds is 0. The molecule has 80 valence electrons. The standard InChI is InChI=1S/C3H3N3O2.C2H3N3O2/c7-2-1-4-6-3(8)5-2;6-1-3-2(7)5-4-1/h1H,(H2,5,6,7,8);(H3,3,4,5,6,7). The van der Waals surface area contributed by atoms with E-state index >= 15 is 0 Å². The Morgan fingerprint density at radius 3 is 1.73 bits per heavy atom. The van der Waals surface area contributed by atoms with Crippen LogP contribution in [-0.2, 0) is 0 Å². The molecule has 0 fully saturated rings. The Labute approximate surface area is 79.4 Å². The van der Waals surface area contributed by atoms with Gasteiger partial charge in [-0.25, -0.2) is 29.7 Å². The zero-order valence-electron chi connectivity index (χ0n) is 7.16. The van der Waals surface area contributed by atoms with Crippen molar-refractivity contribution in [3.05, 3.63) is 48.0 Å². The van der Waals surface area contributed by atoms with Gasteiger partial charge >= 0.3 is 17.1 Å². The van der Waals surface area contributed by atoms with E-state index in [1.807, 2.05) is 25.3 Å². The smallest absolute Gasteiger partial charge is 0.272 e. The summed E-state index contributed by atoms with van der Waals surface area (Å²) in [6, 6.07) is 0. The Balaban J connectivity index is 0.000000151. The third kappa shape index (κ3) is 3.71. The molecule has 15 heavy (non-hydrogen) atoms. The van der Waals surface area contributed by atoms with Crippen LogP contribution >= 0.6 is 0 Å². The second-order valence-corrected chi connectivity index (χ2v) is 2.22. The highest BCUT2D eigenvalue weighted by Gasteiger charge is 1.80. The van der Waals surface area contributed by atoms with Crippen molar-refractivity contribution in [1.82, 2.24) is 30.4 Å². The second kappa shape index (κ2) is 4.55. The van der Waals surface area contributed by atoms with E-state index in [1.165, 1.54) is 0 Å². The number of aromatic amines is 5. The molecule has 0 amide bonds. The predicted octanol–water partition coefficient (Wildman–Crippen LogP) is -3.15. The molecule has 0 saturated carbocycles. The van der Waals surface area contributed by atoms with E-state index < -0.39 is 22.6 Å². The van der Waals surface area contributed by atoms with Crippen LogP contribution in [0.25, 0.3) is 0 Å². The number of nitrogens with one attached hydrogen (secondary N) is 5. The highest BCUT2D eigenvalue weighted by atomic mass is 16.2. The van der Waals surface area contributed by atoms with Crippen molar-refractivity contribution < 1.29 is 0 Å². The number of aromatic nitrogens is 6. The predicted molar refractivity (Wildman–Crippen MR) is 47.5 cm³/mol. The summed E-state index contributed by atoms with van der Waals surface area (Å²) in [5.74, 6) is 0. The van der Waals surface area contributed by atoms with Crippen molar-refractivity contribution in [3.8, 4) is 0 Å². The van der Waals surface area contributed by atoms with Crippen LogP contribution in [0.1, 0.15) is 0 Å². The Kier molecular flexibility index (Phi) is 3.16. The lowest BCUT2D eigenvalue weighted by atomic mass is 10.9. The van der Waals surface area contributed by atoms with E-state index in [-0.39, 0.29) is 0 Å². The molecule has 0 atom stereocenters. The summed E-state index contributed by atoms with van der Waals surface area (Å²) in [5, 5.41) is 9.25. The SMILES string of the molecule is O=c1[nH][nH]c(=O)[nH]1.O=c1cn[nH]c(=O)[nH]1. The fourth-order valence-corrected chi connectivity index (χ4v) is 0.601. The molecule has 2 aromatic rings. The first-order valence-corrected chi connectivity index (χ1v) is 3.59. The summed E-state index contributed by atoms with van der Waals surface area (Å²) in [7, 11) is 0. The lowest BCUT2D eigenvalue weighted by Gasteiger charge is -1.74. The van der Waals surface area contributed by atoms with Crippen molar-refractivity contribution in [1.29, 1.82) is 0 Å². The van der Waals surface area contributed by atoms with Gasteiger partial charge in [0.25, 0.3) is 5.56 Å². The zero-order chi connectivity index (χ0) is 11.3. The molecule has 0 saturated heterocycles. The van der Waals surface area contributed by atoms with E-state index in [4.69, 9.17) is 0 Å². The maximum Gasteiger partial charge on any atom is 0.342 e. The maximum atomic E-state index is 10.2. The highest BCUT2D eigenvalue weighted by molar-refractivity contribution is 4.64. The maximum absolute atomic E-state index is 10.2. The Hall–Kier alpha value is -2.65. The van der Waals surface area contributed by atoms with Gasteiger partial charge in [-0.2, -0.15) is 5.10 Å². The quantitative estimate of drug-likeness (QED) is 0.312. The number of nitrogens with zero attached hydrogens (tertiary/aromatic N) is 1. The molecule has 2 rings (SSSR count). The molecule has 0 aliphatic carbocycles. The van der Waals surface area contributed by atoms with Crippen LogP contribution in [-0.4, -0.2) is 30.4 Å². The van der Waals surface area contributed by atoms with Crippen LogP contribution in [0.3, 0.4) is 0 Å². The topological polar surface area (TPSA) is 160 Å². The van der Waals surface area contributed by atoms with Crippen molar-refractivity contribution >= 4 is 0 Å². The minimum absolute atomic E-state index is 0.492.